The summed E-state index contributed by atoms with van der Waals surface area (Å²) < 4.78 is 10.9. The fraction of sp³-hybridized carbons (Fsp3) is 0.500. The number of nitrogens with zero attached hydrogens (tertiary/aromatic N) is 2. The van der Waals surface area contributed by atoms with Crippen molar-refractivity contribution in [1.82, 2.24) is 10.1 Å². The molecule has 0 atom stereocenters. The van der Waals surface area contributed by atoms with Crippen LogP contribution in [0.2, 0.25) is 0 Å². The molecular weight excluding hydrogens is 302 g/mol. The second kappa shape index (κ2) is 7.72. The molecule has 5 nitrogen and oxygen atoms in total. The molecule has 1 aliphatic carbocycles. The third-order valence-electron chi connectivity index (χ3n) is 3.98. The molecule has 3 rings (SSSR count). The summed E-state index contributed by atoms with van der Waals surface area (Å²) in [5.41, 5.74) is 7.09. The molecule has 0 unspecified atom stereocenters. The zero-order valence-electron chi connectivity index (χ0n) is 12.5. The van der Waals surface area contributed by atoms with Crippen LogP contribution in [0.1, 0.15) is 43.0 Å². The van der Waals surface area contributed by atoms with E-state index in [1.54, 1.807) is 0 Å². The molecule has 0 radical (unpaired) electrons. The Balaban J connectivity index is 0.00000176. The number of hydrogen-bond donors (Lipinski definition) is 1. The van der Waals surface area contributed by atoms with Crippen molar-refractivity contribution in [3.8, 4) is 0 Å². The monoisotopic (exact) mass is 323 g/mol. The molecule has 1 aliphatic rings. The van der Waals surface area contributed by atoms with Crippen molar-refractivity contribution in [1.29, 1.82) is 0 Å². The predicted molar refractivity (Wildman–Crippen MR) is 85.7 cm³/mol. The Labute approximate surface area is 136 Å². The summed E-state index contributed by atoms with van der Waals surface area (Å²) in [6.07, 6.45) is 4.78. The van der Waals surface area contributed by atoms with Gasteiger partial charge in [0.25, 0.3) is 0 Å². The molecule has 0 amide bonds. The highest BCUT2D eigenvalue weighted by molar-refractivity contribution is 5.85. The summed E-state index contributed by atoms with van der Waals surface area (Å²) in [4.78, 5) is 4.43. The molecule has 0 bridgehead atoms. The van der Waals surface area contributed by atoms with Gasteiger partial charge in [-0.15, -0.1) is 12.4 Å². The highest BCUT2D eigenvalue weighted by Crippen LogP contribution is 2.34. The number of benzene rings is 1. The lowest BCUT2D eigenvalue weighted by Crippen LogP contribution is -2.34. The molecule has 6 heteroatoms. The number of aromatic nitrogens is 2. The maximum absolute atomic E-state index is 6.31. The molecular formula is C16H22ClN3O2. The summed E-state index contributed by atoms with van der Waals surface area (Å²) in [5, 5.41) is 4.04. The van der Waals surface area contributed by atoms with Crippen LogP contribution in [0.5, 0.6) is 0 Å². The van der Waals surface area contributed by atoms with Crippen molar-refractivity contribution in [3.05, 3.63) is 47.6 Å². The van der Waals surface area contributed by atoms with Crippen LogP contribution in [-0.2, 0) is 23.3 Å². The smallest absolute Gasteiger partial charge is 0.229 e. The Morgan fingerprint density at radius 1 is 1.18 bits per heavy atom. The minimum atomic E-state index is -0.382. The molecule has 0 saturated heterocycles. The first-order chi connectivity index (χ1) is 10.3. The fourth-order valence-corrected chi connectivity index (χ4v) is 2.71. The molecule has 2 N–H and O–H groups in total. The molecule has 1 fully saturated rings. The van der Waals surface area contributed by atoms with Gasteiger partial charge in [0, 0.05) is 0 Å². The topological polar surface area (TPSA) is 74.2 Å². The van der Waals surface area contributed by atoms with Gasteiger partial charge in [-0.25, -0.2) is 0 Å². The fourth-order valence-electron chi connectivity index (χ4n) is 2.71. The number of ether oxygens (including phenoxy) is 1. The molecule has 1 aromatic heterocycles. The Morgan fingerprint density at radius 3 is 2.64 bits per heavy atom. The third kappa shape index (κ3) is 4.06. The Hall–Kier alpha value is -1.43. The van der Waals surface area contributed by atoms with Crippen molar-refractivity contribution >= 4 is 12.4 Å². The minimum Gasteiger partial charge on any atom is -0.376 e. The second-order valence-corrected chi connectivity index (χ2v) is 5.66. The van der Waals surface area contributed by atoms with E-state index in [-0.39, 0.29) is 17.9 Å². The van der Waals surface area contributed by atoms with Crippen LogP contribution in [0.25, 0.3) is 0 Å². The average Bonchev–Trinajstić information content (AvgIpc) is 3.15. The van der Waals surface area contributed by atoms with Crippen LogP contribution < -0.4 is 5.73 Å². The number of halogens is 1. The van der Waals surface area contributed by atoms with Gasteiger partial charge in [-0.3, -0.25) is 0 Å². The van der Waals surface area contributed by atoms with Crippen molar-refractivity contribution in [2.75, 3.05) is 6.61 Å². The summed E-state index contributed by atoms with van der Waals surface area (Å²) in [7, 11) is 0. The number of hydrogen-bond acceptors (Lipinski definition) is 5. The molecule has 1 heterocycles. The lowest BCUT2D eigenvalue weighted by atomic mass is 9.99. The van der Waals surface area contributed by atoms with E-state index in [0.29, 0.717) is 31.3 Å². The van der Waals surface area contributed by atoms with Gasteiger partial charge >= 0.3 is 0 Å². The van der Waals surface area contributed by atoms with Gasteiger partial charge in [0.1, 0.15) is 0 Å². The van der Waals surface area contributed by atoms with Crippen LogP contribution in [0, 0.1) is 0 Å². The van der Waals surface area contributed by atoms with Gasteiger partial charge in [-0.1, -0.05) is 48.3 Å². The van der Waals surface area contributed by atoms with E-state index in [1.165, 1.54) is 0 Å². The summed E-state index contributed by atoms with van der Waals surface area (Å²) >= 11 is 0. The van der Waals surface area contributed by atoms with Gasteiger partial charge in [-0.05, 0) is 18.4 Å². The Bertz CT molecular complexity index is 568. The van der Waals surface area contributed by atoms with Gasteiger partial charge in [0.05, 0.1) is 25.2 Å². The van der Waals surface area contributed by atoms with E-state index < -0.39 is 0 Å². The van der Waals surface area contributed by atoms with Crippen LogP contribution in [0.4, 0.5) is 0 Å². The van der Waals surface area contributed by atoms with E-state index in [0.717, 1.165) is 31.2 Å². The molecule has 0 spiro atoms. The zero-order valence-corrected chi connectivity index (χ0v) is 13.3. The Morgan fingerprint density at radius 2 is 1.91 bits per heavy atom. The lowest BCUT2D eigenvalue weighted by Gasteiger charge is -2.17. The number of nitrogens with two attached hydrogens (primary N) is 1. The predicted octanol–water partition coefficient (Wildman–Crippen LogP) is 2.98. The first-order valence-corrected chi connectivity index (χ1v) is 7.50. The van der Waals surface area contributed by atoms with Crippen LogP contribution in [0.15, 0.2) is 34.9 Å². The first kappa shape index (κ1) is 16.9. The van der Waals surface area contributed by atoms with Crippen LogP contribution in [-0.4, -0.2) is 16.7 Å². The average molecular weight is 324 g/mol. The SMILES string of the molecule is Cl.NC1(c2noc(CCOCc3ccccc3)n2)CCCC1. The first-order valence-electron chi connectivity index (χ1n) is 7.50. The van der Waals surface area contributed by atoms with Gasteiger partial charge in [-0.2, -0.15) is 4.98 Å². The van der Waals surface area contributed by atoms with E-state index >= 15 is 0 Å². The maximum atomic E-state index is 6.31. The van der Waals surface area contributed by atoms with Crippen molar-refractivity contribution < 1.29 is 9.26 Å². The maximum Gasteiger partial charge on any atom is 0.229 e. The minimum absolute atomic E-state index is 0. The quantitative estimate of drug-likeness (QED) is 0.827. The van der Waals surface area contributed by atoms with Crippen LogP contribution in [0.3, 0.4) is 0 Å². The normalized spacial score (nSPS) is 16.4. The highest BCUT2D eigenvalue weighted by atomic mass is 35.5. The summed E-state index contributed by atoms with van der Waals surface area (Å²) in [6.45, 7) is 1.16. The third-order valence-corrected chi connectivity index (χ3v) is 3.98. The summed E-state index contributed by atoms with van der Waals surface area (Å²) in [5.74, 6) is 1.26. The van der Waals surface area contributed by atoms with E-state index in [1.807, 2.05) is 30.3 Å². The lowest BCUT2D eigenvalue weighted by molar-refractivity contribution is 0.118. The summed E-state index contributed by atoms with van der Waals surface area (Å²) in [6, 6.07) is 10.1. The molecule has 2 aromatic rings. The molecule has 1 aromatic carbocycles. The molecule has 0 aliphatic heterocycles. The largest absolute Gasteiger partial charge is 0.376 e. The van der Waals surface area contributed by atoms with E-state index in [4.69, 9.17) is 15.0 Å². The van der Waals surface area contributed by atoms with E-state index in [9.17, 15) is 0 Å². The second-order valence-electron chi connectivity index (χ2n) is 5.66. The van der Waals surface area contributed by atoms with Gasteiger partial charge in [0.15, 0.2) is 5.82 Å². The molecule has 22 heavy (non-hydrogen) atoms. The van der Waals surface area contributed by atoms with Crippen molar-refractivity contribution in [2.24, 2.45) is 5.73 Å². The van der Waals surface area contributed by atoms with Gasteiger partial charge < -0.3 is 15.0 Å². The Kier molecular flexibility index (Phi) is 5.94. The van der Waals surface area contributed by atoms with Crippen molar-refractivity contribution in [3.63, 3.8) is 0 Å². The van der Waals surface area contributed by atoms with Crippen LogP contribution >= 0.6 is 12.4 Å². The van der Waals surface area contributed by atoms with E-state index in [2.05, 4.69) is 10.1 Å². The molecule has 120 valence electrons. The molecule has 1 saturated carbocycles. The number of rotatable bonds is 6. The van der Waals surface area contributed by atoms with Crippen molar-refractivity contribution in [2.45, 2.75) is 44.2 Å². The van der Waals surface area contributed by atoms with Gasteiger partial charge in [0.2, 0.25) is 5.89 Å². The highest BCUT2D eigenvalue weighted by Gasteiger charge is 2.35. The zero-order chi connectivity index (χ0) is 14.5. The standard InChI is InChI=1S/C16H21N3O2.ClH/c17-16(9-4-5-10-16)15-18-14(21-19-15)8-11-20-12-13-6-2-1-3-7-13;/h1-3,6-7H,4-5,8-12,17H2;1H.